The molecule has 0 bridgehead atoms. The molecular weight excluding hydrogens is 304 g/mol. The number of nitrogens with two attached hydrogens (primary N) is 2. The van der Waals surface area contributed by atoms with Gasteiger partial charge in [0.1, 0.15) is 0 Å². The van der Waals surface area contributed by atoms with Crippen LogP contribution in [0.3, 0.4) is 0 Å². The Morgan fingerprint density at radius 3 is 2.08 bits per heavy atom. The lowest BCUT2D eigenvalue weighted by Gasteiger charge is -2.21. The van der Waals surface area contributed by atoms with Crippen LogP contribution in [0.2, 0.25) is 0 Å². The van der Waals surface area contributed by atoms with Crippen molar-refractivity contribution in [2.75, 3.05) is 45.2 Å². The highest BCUT2D eigenvalue weighted by atomic mass is 16.4. The average Bonchev–Trinajstić information content (AvgIpc) is 2.52. The average molecular weight is 338 g/mol. The fourth-order valence-corrected chi connectivity index (χ4v) is 2.55. The summed E-state index contributed by atoms with van der Waals surface area (Å²) < 4.78 is 0. The first kappa shape index (κ1) is 22.2. The summed E-state index contributed by atoms with van der Waals surface area (Å²) in [6, 6.07) is 3.32. The molecule has 6 N–H and O–H groups in total. The Labute approximate surface area is 146 Å². The molecule has 1 aromatic rings. The largest absolute Gasteiger partial charge is 0.478 e. The highest BCUT2D eigenvalue weighted by Crippen LogP contribution is 2.25. The van der Waals surface area contributed by atoms with Crippen LogP contribution in [0.15, 0.2) is 12.1 Å². The van der Waals surface area contributed by atoms with Crippen LogP contribution in [0.5, 0.6) is 0 Å². The lowest BCUT2D eigenvalue weighted by atomic mass is 10.0. The number of nitrogen functional groups attached to an aromatic ring is 2. The van der Waals surface area contributed by atoms with Crippen molar-refractivity contribution in [1.82, 2.24) is 10.2 Å². The fourth-order valence-electron chi connectivity index (χ4n) is 2.55. The number of hydrogen-bond donors (Lipinski definition) is 4. The lowest BCUT2D eigenvalue weighted by Crippen LogP contribution is -2.27. The number of carboxylic acids is 1. The van der Waals surface area contributed by atoms with Crippen molar-refractivity contribution < 1.29 is 9.90 Å². The van der Waals surface area contributed by atoms with Crippen LogP contribution in [-0.4, -0.2) is 49.7 Å². The van der Waals surface area contributed by atoms with Crippen molar-refractivity contribution >= 4 is 17.3 Å². The molecule has 0 amide bonds. The van der Waals surface area contributed by atoms with Crippen LogP contribution >= 0.6 is 0 Å². The Morgan fingerprint density at radius 2 is 1.62 bits per heavy atom. The van der Waals surface area contributed by atoms with Crippen molar-refractivity contribution in [2.24, 2.45) is 0 Å². The zero-order chi connectivity index (χ0) is 18.5. The van der Waals surface area contributed by atoms with E-state index in [1.54, 1.807) is 12.1 Å². The minimum Gasteiger partial charge on any atom is -0.478 e. The van der Waals surface area contributed by atoms with Gasteiger partial charge in [-0.05, 0) is 71.0 Å². The van der Waals surface area contributed by atoms with E-state index in [9.17, 15) is 4.79 Å². The molecule has 0 spiro atoms. The molecule has 0 fully saturated rings. The summed E-state index contributed by atoms with van der Waals surface area (Å²) in [5.41, 5.74) is 13.4. The van der Waals surface area contributed by atoms with Crippen LogP contribution in [-0.2, 0) is 6.42 Å². The third-order valence-corrected chi connectivity index (χ3v) is 3.61. The van der Waals surface area contributed by atoms with Gasteiger partial charge in [0.15, 0.2) is 0 Å². The van der Waals surface area contributed by atoms with Gasteiger partial charge in [-0.25, -0.2) is 4.79 Å². The second-order valence-corrected chi connectivity index (χ2v) is 5.85. The summed E-state index contributed by atoms with van der Waals surface area (Å²) in [7, 11) is 3.75. The number of anilines is 2. The summed E-state index contributed by atoms with van der Waals surface area (Å²) in [5.74, 6) is -1.04. The Bertz CT molecular complexity index is 486. The van der Waals surface area contributed by atoms with E-state index in [0.717, 1.165) is 50.9 Å². The summed E-state index contributed by atoms with van der Waals surface area (Å²) in [4.78, 5) is 13.4. The highest BCUT2D eigenvalue weighted by Gasteiger charge is 2.13. The van der Waals surface area contributed by atoms with Gasteiger partial charge in [-0.3, -0.25) is 0 Å². The molecule has 1 rings (SSSR count). The van der Waals surface area contributed by atoms with Crippen LogP contribution in [0.1, 0.15) is 49.0 Å². The summed E-state index contributed by atoms with van der Waals surface area (Å²) in [6.07, 6.45) is 4.13. The number of aromatic carboxylic acids is 1. The van der Waals surface area contributed by atoms with E-state index < -0.39 is 5.97 Å². The summed E-state index contributed by atoms with van der Waals surface area (Å²) in [5, 5.41) is 11.8. The van der Waals surface area contributed by atoms with Crippen molar-refractivity contribution in [2.45, 2.75) is 39.5 Å². The molecule has 0 unspecified atom stereocenters. The number of benzene rings is 1. The molecule has 0 saturated carbocycles. The fraction of sp³-hybridized carbons (Fsp3) is 0.611. The van der Waals surface area contributed by atoms with Gasteiger partial charge in [0.2, 0.25) is 0 Å². The standard InChI is InChI=1S/C16H27N3O2.C2H7N/c1-3-9-19(10-4-2)11-5-6-12-7-8-13(16(20)21)15(18)14(12)17;1-3-2/h7-8H,3-6,9-11,17-18H2,1-2H3,(H,20,21);3H,1-2H3. The molecule has 0 heterocycles. The van der Waals surface area contributed by atoms with Gasteiger partial charge >= 0.3 is 5.97 Å². The Balaban J connectivity index is 0.00000163. The third kappa shape index (κ3) is 7.66. The van der Waals surface area contributed by atoms with Gasteiger partial charge in [0.25, 0.3) is 0 Å². The van der Waals surface area contributed by atoms with Crippen LogP contribution in [0.4, 0.5) is 11.4 Å². The number of hydrogen-bond acceptors (Lipinski definition) is 5. The molecule has 0 aliphatic heterocycles. The molecular formula is C18H34N4O2. The minimum atomic E-state index is -1.04. The predicted molar refractivity (Wildman–Crippen MR) is 103 cm³/mol. The molecule has 0 atom stereocenters. The van der Waals surface area contributed by atoms with Gasteiger partial charge in [-0.1, -0.05) is 19.9 Å². The van der Waals surface area contributed by atoms with E-state index in [1.807, 2.05) is 14.1 Å². The van der Waals surface area contributed by atoms with Crippen molar-refractivity contribution in [3.05, 3.63) is 23.3 Å². The second kappa shape index (κ2) is 12.6. The highest BCUT2D eigenvalue weighted by molar-refractivity contribution is 5.97. The maximum atomic E-state index is 11.0. The van der Waals surface area contributed by atoms with E-state index in [-0.39, 0.29) is 11.3 Å². The van der Waals surface area contributed by atoms with Gasteiger partial charge in [0, 0.05) is 0 Å². The first-order valence-corrected chi connectivity index (χ1v) is 8.63. The quantitative estimate of drug-likeness (QED) is 0.516. The predicted octanol–water partition coefficient (Wildman–Crippen LogP) is 2.44. The minimum absolute atomic E-state index is 0.0786. The number of nitrogens with zero attached hydrogens (tertiary/aromatic N) is 1. The maximum absolute atomic E-state index is 11.0. The van der Waals surface area contributed by atoms with E-state index in [4.69, 9.17) is 16.6 Å². The van der Waals surface area contributed by atoms with Gasteiger partial charge < -0.3 is 26.8 Å². The van der Waals surface area contributed by atoms with Crippen molar-refractivity contribution in [1.29, 1.82) is 0 Å². The zero-order valence-corrected chi connectivity index (χ0v) is 15.6. The lowest BCUT2D eigenvalue weighted by molar-refractivity contribution is 0.0698. The molecule has 1 aromatic carbocycles. The molecule has 0 aromatic heterocycles. The monoisotopic (exact) mass is 338 g/mol. The molecule has 0 saturated heterocycles. The van der Waals surface area contributed by atoms with Crippen LogP contribution in [0.25, 0.3) is 0 Å². The molecule has 0 aliphatic rings. The van der Waals surface area contributed by atoms with Gasteiger partial charge in [0.05, 0.1) is 16.9 Å². The number of nitrogens with one attached hydrogen (secondary N) is 1. The smallest absolute Gasteiger partial charge is 0.337 e. The number of aryl methyl sites for hydroxylation is 1. The topological polar surface area (TPSA) is 105 Å². The van der Waals surface area contributed by atoms with Gasteiger partial charge in [-0.15, -0.1) is 0 Å². The zero-order valence-electron chi connectivity index (χ0n) is 15.6. The van der Waals surface area contributed by atoms with Crippen molar-refractivity contribution in [3.8, 4) is 0 Å². The maximum Gasteiger partial charge on any atom is 0.337 e. The molecule has 0 radical (unpaired) electrons. The second-order valence-electron chi connectivity index (χ2n) is 5.85. The van der Waals surface area contributed by atoms with E-state index >= 15 is 0 Å². The third-order valence-electron chi connectivity index (χ3n) is 3.61. The first-order valence-electron chi connectivity index (χ1n) is 8.63. The van der Waals surface area contributed by atoms with E-state index in [0.29, 0.717) is 5.69 Å². The summed E-state index contributed by atoms with van der Waals surface area (Å²) >= 11 is 0. The van der Waals surface area contributed by atoms with Gasteiger partial charge in [-0.2, -0.15) is 0 Å². The van der Waals surface area contributed by atoms with E-state index in [1.165, 1.54) is 0 Å². The molecule has 6 nitrogen and oxygen atoms in total. The Hall–Kier alpha value is -1.79. The SMILES string of the molecule is CCCN(CCC)CCCc1ccc(C(=O)O)c(N)c1N.CNC. The molecule has 6 heteroatoms. The molecule has 0 aliphatic carbocycles. The number of rotatable bonds is 9. The Kier molecular flexibility index (Phi) is 11.7. The van der Waals surface area contributed by atoms with Crippen molar-refractivity contribution in [3.63, 3.8) is 0 Å². The normalized spacial score (nSPS) is 10.4. The summed E-state index contributed by atoms with van der Waals surface area (Å²) in [6.45, 7) is 7.63. The van der Waals surface area contributed by atoms with Crippen LogP contribution < -0.4 is 16.8 Å². The molecule has 138 valence electrons. The van der Waals surface area contributed by atoms with E-state index in [2.05, 4.69) is 24.1 Å². The van der Waals surface area contributed by atoms with Crippen LogP contribution in [0, 0.1) is 0 Å². The first-order chi connectivity index (χ1) is 11.4. The molecule has 24 heavy (non-hydrogen) atoms. The Morgan fingerprint density at radius 1 is 1.08 bits per heavy atom. The number of carboxylic acid groups (broad SMARTS) is 1. The number of carbonyl (C=O) groups is 1.